The first-order valence-electron chi connectivity index (χ1n) is 4.42. The summed E-state index contributed by atoms with van der Waals surface area (Å²) >= 11 is 0. The summed E-state index contributed by atoms with van der Waals surface area (Å²) in [5, 5.41) is 27.7. The van der Waals surface area contributed by atoms with Gasteiger partial charge in [-0.15, -0.1) is 0 Å². The van der Waals surface area contributed by atoms with E-state index >= 15 is 0 Å². The smallest absolute Gasteiger partial charge is 0.155 e. The molecule has 0 bridgehead atoms. The Morgan fingerprint density at radius 3 is 2.00 bits per heavy atom. The average molecular weight is 191 g/mol. The van der Waals surface area contributed by atoms with E-state index in [0.29, 0.717) is 0 Å². The number of likely N-dealkylation sites (N-methyl/N-ethyl adjacent to an activating group) is 3. The van der Waals surface area contributed by atoms with Crippen molar-refractivity contribution in [3.8, 4) is 0 Å². The van der Waals surface area contributed by atoms with Gasteiger partial charge in [0.05, 0.1) is 12.6 Å². The summed E-state index contributed by atoms with van der Waals surface area (Å²) in [6.07, 6.45) is 0. The largest absolute Gasteiger partial charge is 0.392 e. The van der Waals surface area contributed by atoms with Crippen LogP contribution in [0.1, 0.15) is 6.92 Å². The first-order chi connectivity index (χ1) is 6.05. The predicted octanol–water partition coefficient (Wildman–Crippen LogP) is -1.92. The molecule has 13 heavy (non-hydrogen) atoms. The maximum Gasteiger partial charge on any atom is 0.155 e. The lowest BCUT2D eigenvalue weighted by Crippen LogP contribution is -2.66. The van der Waals surface area contributed by atoms with Gasteiger partial charge in [-0.3, -0.25) is 5.32 Å². The van der Waals surface area contributed by atoms with Crippen molar-refractivity contribution < 1.29 is 10.2 Å². The molecule has 0 amide bonds. The lowest BCUT2D eigenvalue weighted by atomic mass is 9.98. The summed E-state index contributed by atoms with van der Waals surface area (Å²) in [4.78, 5) is 0. The molecule has 0 aliphatic rings. The van der Waals surface area contributed by atoms with Crippen molar-refractivity contribution in [3.05, 3.63) is 0 Å². The van der Waals surface area contributed by atoms with E-state index in [4.69, 9.17) is 5.11 Å². The maximum atomic E-state index is 9.93. The Labute approximate surface area is 79.5 Å². The number of hydrogen-bond acceptors (Lipinski definition) is 5. The summed E-state index contributed by atoms with van der Waals surface area (Å²) in [5.74, 6) is 0. The number of aliphatic hydroxyl groups excluding tert-OH is 1. The Bertz CT molecular complexity index is 139. The van der Waals surface area contributed by atoms with Gasteiger partial charge in [-0.05, 0) is 28.1 Å². The second kappa shape index (κ2) is 5.51. The molecule has 5 heteroatoms. The first-order valence-corrected chi connectivity index (χ1v) is 4.42. The van der Waals surface area contributed by atoms with Gasteiger partial charge in [0, 0.05) is 6.04 Å². The van der Waals surface area contributed by atoms with E-state index < -0.39 is 5.72 Å². The Morgan fingerprint density at radius 1 is 1.23 bits per heavy atom. The van der Waals surface area contributed by atoms with Gasteiger partial charge in [0.15, 0.2) is 5.72 Å². The molecule has 0 aromatic rings. The van der Waals surface area contributed by atoms with Crippen molar-refractivity contribution in [1.29, 1.82) is 0 Å². The molecule has 0 aromatic heterocycles. The molecule has 0 aromatic carbocycles. The SMILES string of the molecule is CNC(C)C(NC)C(O)(CO)NC. The van der Waals surface area contributed by atoms with Crippen LogP contribution in [0, 0.1) is 0 Å². The van der Waals surface area contributed by atoms with Crippen LogP contribution < -0.4 is 16.0 Å². The first kappa shape index (κ1) is 12.8. The molecule has 0 saturated carbocycles. The minimum Gasteiger partial charge on any atom is -0.392 e. The fourth-order valence-corrected chi connectivity index (χ4v) is 1.40. The molecule has 5 nitrogen and oxygen atoms in total. The third-order valence-electron chi connectivity index (χ3n) is 2.45. The van der Waals surface area contributed by atoms with Crippen molar-refractivity contribution in [3.63, 3.8) is 0 Å². The Balaban J connectivity index is 4.51. The van der Waals surface area contributed by atoms with E-state index in [2.05, 4.69) is 16.0 Å². The van der Waals surface area contributed by atoms with Crippen molar-refractivity contribution in [2.24, 2.45) is 0 Å². The van der Waals surface area contributed by atoms with E-state index in [1.807, 2.05) is 14.0 Å². The van der Waals surface area contributed by atoms with Crippen LogP contribution in [0.5, 0.6) is 0 Å². The fourth-order valence-electron chi connectivity index (χ4n) is 1.40. The van der Waals surface area contributed by atoms with Gasteiger partial charge in [0.1, 0.15) is 0 Å². The second-order valence-corrected chi connectivity index (χ2v) is 3.18. The molecule has 0 rings (SSSR count). The third-order valence-corrected chi connectivity index (χ3v) is 2.45. The highest BCUT2D eigenvalue weighted by molar-refractivity contribution is 4.93. The van der Waals surface area contributed by atoms with Gasteiger partial charge in [0.2, 0.25) is 0 Å². The standard InChI is InChI=1S/C8H21N3O2/c1-6(9-2)7(10-3)8(13,5-12)11-4/h6-7,9-13H,5H2,1-4H3. The van der Waals surface area contributed by atoms with Gasteiger partial charge in [-0.25, -0.2) is 0 Å². The van der Waals surface area contributed by atoms with Crippen LogP contribution >= 0.6 is 0 Å². The zero-order valence-corrected chi connectivity index (χ0v) is 8.76. The van der Waals surface area contributed by atoms with Crippen LogP contribution in [-0.2, 0) is 0 Å². The normalized spacial score (nSPS) is 20.8. The summed E-state index contributed by atoms with van der Waals surface area (Å²) in [5.41, 5.74) is -1.29. The number of aliphatic hydroxyl groups is 2. The molecule has 0 spiro atoms. The van der Waals surface area contributed by atoms with E-state index in [-0.39, 0.29) is 18.7 Å². The molecular weight excluding hydrogens is 170 g/mol. The number of nitrogens with one attached hydrogen (secondary N) is 3. The maximum absolute atomic E-state index is 9.93. The molecule has 0 aliphatic carbocycles. The van der Waals surface area contributed by atoms with Crippen molar-refractivity contribution in [2.75, 3.05) is 27.7 Å². The topological polar surface area (TPSA) is 76.5 Å². The highest BCUT2D eigenvalue weighted by Crippen LogP contribution is 2.08. The molecular formula is C8H21N3O2. The molecule has 3 atom stereocenters. The molecule has 80 valence electrons. The second-order valence-electron chi connectivity index (χ2n) is 3.18. The van der Waals surface area contributed by atoms with Crippen molar-refractivity contribution >= 4 is 0 Å². The minimum atomic E-state index is -1.29. The quantitative estimate of drug-likeness (QED) is 0.317. The highest BCUT2D eigenvalue weighted by Gasteiger charge is 2.36. The monoisotopic (exact) mass is 191 g/mol. The summed E-state index contributed by atoms with van der Waals surface area (Å²) in [6.45, 7) is 1.60. The summed E-state index contributed by atoms with van der Waals surface area (Å²) in [6, 6.07) is -0.206. The van der Waals surface area contributed by atoms with E-state index in [9.17, 15) is 5.11 Å². The lowest BCUT2D eigenvalue weighted by Gasteiger charge is -2.37. The van der Waals surface area contributed by atoms with Crippen LogP contribution in [0.15, 0.2) is 0 Å². The van der Waals surface area contributed by atoms with E-state index in [1.165, 1.54) is 0 Å². The molecule has 0 radical (unpaired) electrons. The van der Waals surface area contributed by atoms with Crippen molar-refractivity contribution in [1.82, 2.24) is 16.0 Å². The summed E-state index contributed by atoms with van der Waals surface area (Å²) < 4.78 is 0. The molecule has 0 heterocycles. The zero-order valence-electron chi connectivity index (χ0n) is 8.76. The highest BCUT2D eigenvalue weighted by atomic mass is 16.3. The Morgan fingerprint density at radius 2 is 1.77 bits per heavy atom. The van der Waals surface area contributed by atoms with Crippen LogP contribution in [-0.4, -0.2) is 55.8 Å². The fraction of sp³-hybridized carbons (Fsp3) is 1.00. The van der Waals surface area contributed by atoms with E-state index in [0.717, 1.165) is 0 Å². The number of rotatable bonds is 6. The minimum absolute atomic E-state index is 0.0506. The Hall–Kier alpha value is -0.200. The van der Waals surface area contributed by atoms with Crippen LogP contribution in [0.25, 0.3) is 0 Å². The molecule has 0 fully saturated rings. The van der Waals surface area contributed by atoms with Gasteiger partial charge in [-0.1, -0.05) is 0 Å². The van der Waals surface area contributed by atoms with Crippen molar-refractivity contribution in [2.45, 2.75) is 24.7 Å². The molecule has 5 N–H and O–H groups in total. The van der Waals surface area contributed by atoms with Gasteiger partial charge in [0.25, 0.3) is 0 Å². The molecule has 0 saturated heterocycles. The average Bonchev–Trinajstić information content (AvgIpc) is 2.18. The van der Waals surface area contributed by atoms with Gasteiger partial charge in [-0.2, -0.15) is 0 Å². The van der Waals surface area contributed by atoms with Crippen LogP contribution in [0.4, 0.5) is 0 Å². The predicted molar refractivity (Wildman–Crippen MR) is 52.5 cm³/mol. The number of hydrogen-bond donors (Lipinski definition) is 5. The van der Waals surface area contributed by atoms with Crippen LogP contribution in [0.2, 0.25) is 0 Å². The lowest BCUT2D eigenvalue weighted by molar-refractivity contribution is -0.0712. The van der Waals surface area contributed by atoms with Gasteiger partial charge < -0.3 is 20.8 Å². The summed E-state index contributed by atoms with van der Waals surface area (Å²) in [7, 11) is 5.17. The molecule has 0 aliphatic heterocycles. The third kappa shape index (κ3) is 2.89. The van der Waals surface area contributed by atoms with Gasteiger partial charge >= 0.3 is 0 Å². The zero-order chi connectivity index (χ0) is 10.5. The molecule has 3 unspecified atom stereocenters. The Kier molecular flexibility index (Phi) is 5.43. The van der Waals surface area contributed by atoms with Crippen LogP contribution in [0.3, 0.4) is 0 Å². The van der Waals surface area contributed by atoms with E-state index in [1.54, 1.807) is 14.1 Å².